The van der Waals surface area contributed by atoms with Crippen molar-refractivity contribution in [3.8, 4) is 28.7 Å². The first kappa shape index (κ1) is 34.8. The van der Waals surface area contributed by atoms with Gasteiger partial charge in [0.05, 0.1) is 23.3 Å². The van der Waals surface area contributed by atoms with Crippen LogP contribution in [-0.2, 0) is 0 Å². The van der Waals surface area contributed by atoms with Gasteiger partial charge in [0.1, 0.15) is 28.7 Å². The maximum absolute atomic E-state index is 12.7. The second-order valence-electron chi connectivity index (χ2n) is 11.3. The summed E-state index contributed by atoms with van der Waals surface area (Å²) in [7, 11) is 0. The van der Waals surface area contributed by atoms with Crippen LogP contribution in [0.15, 0.2) is 97.1 Å². The first-order valence-corrected chi connectivity index (χ1v) is 16.3. The highest BCUT2D eigenvalue weighted by Crippen LogP contribution is 2.23. The van der Waals surface area contributed by atoms with Gasteiger partial charge in [0.2, 0.25) is 0 Å². The summed E-state index contributed by atoms with van der Waals surface area (Å²) < 4.78 is 22.1. The van der Waals surface area contributed by atoms with Crippen molar-refractivity contribution in [1.29, 1.82) is 0 Å². The van der Waals surface area contributed by atoms with Crippen molar-refractivity contribution in [2.45, 2.75) is 71.1 Å². The van der Waals surface area contributed by atoms with E-state index < -0.39 is 17.9 Å². The molecule has 8 nitrogen and oxygen atoms in total. The summed E-state index contributed by atoms with van der Waals surface area (Å²) in [4.78, 5) is 37.7. The fourth-order valence-corrected chi connectivity index (χ4v) is 4.82. The van der Waals surface area contributed by atoms with E-state index >= 15 is 0 Å². The monoisotopic (exact) mass is 638 g/mol. The van der Waals surface area contributed by atoms with E-state index in [9.17, 15) is 19.5 Å². The number of aromatic hydroxyl groups is 1. The lowest BCUT2D eigenvalue weighted by Crippen LogP contribution is -2.11. The van der Waals surface area contributed by atoms with Crippen LogP contribution in [0.3, 0.4) is 0 Å². The first-order valence-electron chi connectivity index (χ1n) is 16.3. The molecule has 0 atom stereocenters. The van der Waals surface area contributed by atoms with Crippen molar-refractivity contribution in [3.63, 3.8) is 0 Å². The highest BCUT2D eigenvalue weighted by atomic mass is 16.5. The molecule has 0 aliphatic rings. The normalized spacial score (nSPS) is 10.7. The van der Waals surface area contributed by atoms with Gasteiger partial charge in [-0.2, -0.15) is 0 Å². The molecule has 246 valence electrons. The number of benzene rings is 4. The lowest BCUT2D eigenvalue weighted by atomic mass is 10.1. The third-order valence-corrected chi connectivity index (χ3v) is 7.49. The number of phenolic OH excluding ortho intramolecular Hbond substituents is 1. The molecule has 0 saturated carbocycles. The predicted octanol–water partition coefficient (Wildman–Crippen LogP) is 9.35. The van der Waals surface area contributed by atoms with Crippen LogP contribution in [0.2, 0.25) is 0 Å². The molecule has 0 heterocycles. The van der Waals surface area contributed by atoms with Gasteiger partial charge in [-0.05, 0) is 91.3 Å². The summed E-state index contributed by atoms with van der Waals surface area (Å²) in [5, 5.41) is 9.39. The predicted molar refractivity (Wildman–Crippen MR) is 180 cm³/mol. The quantitative estimate of drug-likeness (QED) is 0.0652. The number of ether oxygens (including phenoxy) is 4. The van der Waals surface area contributed by atoms with Gasteiger partial charge in [-0.25, -0.2) is 14.4 Å². The minimum atomic E-state index is -0.640. The fraction of sp³-hybridized carbons (Fsp3) is 0.308. The molecule has 0 spiro atoms. The number of hydrogen-bond acceptors (Lipinski definition) is 8. The Bertz CT molecular complexity index is 1560. The Hall–Kier alpha value is -5.11. The summed E-state index contributed by atoms with van der Waals surface area (Å²) in [6.45, 7) is 2.89. The second-order valence-corrected chi connectivity index (χ2v) is 11.3. The standard InChI is InChI=1S/C39H42O8/c1-2-3-4-5-6-7-8-9-10-11-27-44-33-23-17-30(18-24-33)37(41)45-34-25-19-31(20-26-34)39(43)47-36-14-12-13-35(28-36)46-38(42)29-15-21-32(40)22-16-29/h12-26,28,40H,2-11,27H2,1H3. The number of esters is 3. The SMILES string of the molecule is CCCCCCCCCCCCOc1ccc(C(=O)Oc2ccc(C(=O)Oc3cccc(OC(=O)c4ccc(O)cc4)c3)cc2)cc1. The summed E-state index contributed by atoms with van der Waals surface area (Å²) >= 11 is 0. The van der Waals surface area contributed by atoms with E-state index in [-0.39, 0.29) is 34.1 Å². The molecule has 0 bridgehead atoms. The topological polar surface area (TPSA) is 108 Å². The van der Waals surface area contributed by atoms with Crippen LogP contribution in [-0.4, -0.2) is 29.6 Å². The Balaban J connectivity index is 1.17. The summed E-state index contributed by atoms with van der Waals surface area (Å²) in [6.07, 6.45) is 12.7. The van der Waals surface area contributed by atoms with E-state index in [1.54, 1.807) is 42.5 Å². The molecule has 0 aromatic heterocycles. The molecule has 0 unspecified atom stereocenters. The number of carbonyl (C=O) groups is 3. The average Bonchev–Trinajstić information content (AvgIpc) is 3.08. The van der Waals surface area contributed by atoms with Crippen molar-refractivity contribution >= 4 is 17.9 Å². The Morgan fingerprint density at radius 3 is 1.38 bits per heavy atom. The van der Waals surface area contributed by atoms with E-state index in [1.165, 1.54) is 106 Å². The molecule has 0 radical (unpaired) electrons. The van der Waals surface area contributed by atoms with Crippen LogP contribution < -0.4 is 18.9 Å². The summed E-state index contributed by atoms with van der Waals surface area (Å²) in [6, 6.07) is 24.6. The molecule has 4 aromatic carbocycles. The summed E-state index contributed by atoms with van der Waals surface area (Å²) in [5.41, 5.74) is 0.873. The van der Waals surface area contributed by atoms with Crippen LogP contribution in [0, 0.1) is 0 Å². The molecular weight excluding hydrogens is 596 g/mol. The molecule has 8 heteroatoms. The van der Waals surface area contributed by atoms with Crippen LogP contribution in [0.25, 0.3) is 0 Å². The Labute approximate surface area is 276 Å². The van der Waals surface area contributed by atoms with E-state index in [0.29, 0.717) is 17.9 Å². The van der Waals surface area contributed by atoms with Crippen molar-refractivity contribution in [1.82, 2.24) is 0 Å². The van der Waals surface area contributed by atoms with Crippen LogP contribution in [0.1, 0.15) is 102 Å². The molecule has 0 aliphatic heterocycles. The van der Waals surface area contributed by atoms with Gasteiger partial charge >= 0.3 is 17.9 Å². The van der Waals surface area contributed by atoms with E-state index in [0.717, 1.165) is 12.8 Å². The lowest BCUT2D eigenvalue weighted by Gasteiger charge is -2.09. The highest BCUT2D eigenvalue weighted by molar-refractivity contribution is 5.93. The lowest BCUT2D eigenvalue weighted by molar-refractivity contribution is 0.0723. The second kappa shape index (κ2) is 18.8. The molecule has 4 rings (SSSR count). The Morgan fingerprint density at radius 1 is 0.489 bits per heavy atom. The van der Waals surface area contributed by atoms with Gasteiger partial charge in [0, 0.05) is 6.07 Å². The first-order chi connectivity index (χ1) is 22.9. The number of hydrogen-bond donors (Lipinski definition) is 1. The zero-order valence-corrected chi connectivity index (χ0v) is 26.8. The van der Waals surface area contributed by atoms with Crippen molar-refractivity contribution in [2.75, 3.05) is 6.61 Å². The largest absolute Gasteiger partial charge is 0.508 e. The van der Waals surface area contributed by atoms with Crippen molar-refractivity contribution < 1.29 is 38.4 Å². The van der Waals surface area contributed by atoms with Gasteiger partial charge in [0.15, 0.2) is 0 Å². The molecule has 0 saturated heterocycles. The number of carbonyl (C=O) groups excluding carboxylic acids is 3. The molecule has 0 fully saturated rings. The van der Waals surface area contributed by atoms with Gasteiger partial charge in [-0.3, -0.25) is 0 Å². The fourth-order valence-electron chi connectivity index (χ4n) is 4.82. The van der Waals surface area contributed by atoms with E-state index in [2.05, 4.69) is 6.92 Å². The molecule has 47 heavy (non-hydrogen) atoms. The van der Waals surface area contributed by atoms with Crippen LogP contribution in [0.4, 0.5) is 0 Å². The van der Waals surface area contributed by atoms with E-state index in [1.807, 2.05) is 0 Å². The van der Waals surface area contributed by atoms with E-state index in [4.69, 9.17) is 18.9 Å². The molecule has 1 N–H and O–H groups in total. The summed E-state index contributed by atoms with van der Waals surface area (Å²) in [5.74, 6) is -0.410. The molecular formula is C39H42O8. The van der Waals surface area contributed by atoms with Crippen LogP contribution >= 0.6 is 0 Å². The van der Waals surface area contributed by atoms with Crippen molar-refractivity contribution in [3.05, 3.63) is 114 Å². The van der Waals surface area contributed by atoms with Gasteiger partial charge in [0.25, 0.3) is 0 Å². The smallest absolute Gasteiger partial charge is 0.343 e. The minimum Gasteiger partial charge on any atom is -0.508 e. The van der Waals surface area contributed by atoms with Gasteiger partial charge in [-0.1, -0.05) is 70.8 Å². The Morgan fingerprint density at radius 2 is 0.894 bits per heavy atom. The average molecular weight is 639 g/mol. The number of rotatable bonds is 18. The zero-order valence-electron chi connectivity index (χ0n) is 26.8. The minimum absolute atomic E-state index is 0.0342. The molecule has 0 amide bonds. The Kier molecular flexibility index (Phi) is 13.9. The van der Waals surface area contributed by atoms with Crippen LogP contribution in [0.5, 0.6) is 28.7 Å². The number of unbranched alkanes of at least 4 members (excludes halogenated alkanes) is 9. The third-order valence-electron chi connectivity index (χ3n) is 7.49. The number of phenols is 1. The van der Waals surface area contributed by atoms with Gasteiger partial charge < -0.3 is 24.1 Å². The highest BCUT2D eigenvalue weighted by Gasteiger charge is 2.14. The zero-order chi connectivity index (χ0) is 33.3. The van der Waals surface area contributed by atoms with Crippen molar-refractivity contribution in [2.24, 2.45) is 0 Å². The van der Waals surface area contributed by atoms with Gasteiger partial charge in [-0.15, -0.1) is 0 Å². The third kappa shape index (κ3) is 12.0. The molecule has 4 aromatic rings. The maximum atomic E-state index is 12.7. The molecule has 0 aliphatic carbocycles. The maximum Gasteiger partial charge on any atom is 0.343 e.